The summed E-state index contributed by atoms with van der Waals surface area (Å²) in [5.41, 5.74) is 0.772. The Balaban J connectivity index is 1.90. The third-order valence-electron chi connectivity index (χ3n) is 3.15. The van der Waals surface area contributed by atoms with Gasteiger partial charge in [-0.3, -0.25) is 4.79 Å². The number of thiophene rings is 1. The van der Waals surface area contributed by atoms with E-state index in [0.29, 0.717) is 6.54 Å². The fourth-order valence-electron chi connectivity index (χ4n) is 2.02. The van der Waals surface area contributed by atoms with Crippen molar-refractivity contribution in [1.82, 2.24) is 10.2 Å². The summed E-state index contributed by atoms with van der Waals surface area (Å²) in [4.78, 5) is 16.8. The van der Waals surface area contributed by atoms with Gasteiger partial charge in [0.2, 0.25) is 0 Å². The largest absolute Gasteiger partial charge is 0.352 e. The van der Waals surface area contributed by atoms with Crippen LogP contribution in [0.3, 0.4) is 0 Å². The van der Waals surface area contributed by atoms with Gasteiger partial charge in [0.05, 0.1) is 5.56 Å². The number of amides is 1. The van der Waals surface area contributed by atoms with E-state index >= 15 is 0 Å². The number of carbonyl (C=O) groups is 1. The lowest BCUT2D eigenvalue weighted by molar-refractivity contribution is 0.0949. The van der Waals surface area contributed by atoms with Crippen LogP contribution < -0.4 is 5.32 Å². The maximum atomic E-state index is 12.3. The molecule has 0 saturated heterocycles. The Kier molecular flexibility index (Phi) is 6.96. The molecule has 5 heteroatoms. The highest BCUT2D eigenvalue weighted by molar-refractivity contribution is 7.98. The standard InChI is InChI=1S/C17H22N2OS2/c1-19(2)11-6-10-18-17(20)15-8-3-4-9-16(15)22-13-14-7-5-12-21-14/h3-5,7-9,12H,6,10-11,13H2,1-2H3,(H,18,20). The number of nitrogens with one attached hydrogen (secondary N) is 1. The Labute approximate surface area is 140 Å². The second kappa shape index (κ2) is 8.98. The fourth-order valence-corrected chi connectivity index (χ4v) is 3.84. The summed E-state index contributed by atoms with van der Waals surface area (Å²) in [6.07, 6.45) is 0.962. The number of hydrogen-bond donors (Lipinski definition) is 1. The molecule has 2 rings (SSSR count). The van der Waals surface area contributed by atoms with E-state index in [-0.39, 0.29) is 5.91 Å². The van der Waals surface area contributed by atoms with Gasteiger partial charge in [-0.2, -0.15) is 0 Å². The highest BCUT2D eigenvalue weighted by atomic mass is 32.2. The van der Waals surface area contributed by atoms with Gasteiger partial charge in [-0.25, -0.2) is 0 Å². The molecule has 0 atom stereocenters. The van der Waals surface area contributed by atoms with Crippen molar-refractivity contribution >= 4 is 29.0 Å². The van der Waals surface area contributed by atoms with Gasteiger partial charge < -0.3 is 10.2 Å². The van der Waals surface area contributed by atoms with Crippen molar-refractivity contribution in [2.24, 2.45) is 0 Å². The molecule has 1 aromatic carbocycles. The first-order chi connectivity index (χ1) is 10.7. The minimum absolute atomic E-state index is 0.0213. The van der Waals surface area contributed by atoms with Crippen LogP contribution in [-0.2, 0) is 5.75 Å². The average molecular weight is 335 g/mol. The molecule has 2 aromatic rings. The lowest BCUT2D eigenvalue weighted by Gasteiger charge is -2.11. The monoisotopic (exact) mass is 334 g/mol. The van der Waals surface area contributed by atoms with Gasteiger partial charge in [-0.05, 0) is 50.6 Å². The summed E-state index contributed by atoms with van der Waals surface area (Å²) in [7, 11) is 4.08. The second-order valence-corrected chi connectivity index (χ2v) is 7.33. The minimum Gasteiger partial charge on any atom is -0.352 e. The topological polar surface area (TPSA) is 32.3 Å². The molecule has 0 aliphatic carbocycles. The van der Waals surface area contributed by atoms with Crippen molar-refractivity contribution in [2.45, 2.75) is 17.1 Å². The highest BCUT2D eigenvalue weighted by Crippen LogP contribution is 2.27. The molecule has 1 N–H and O–H groups in total. The smallest absolute Gasteiger partial charge is 0.252 e. The SMILES string of the molecule is CN(C)CCCNC(=O)c1ccccc1SCc1cccs1. The molecule has 0 aliphatic heterocycles. The molecule has 1 amide bonds. The molecule has 0 fully saturated rings. The van der Waals surface area contributed by atoms with Crippen LogP contribution >= 0.6 is 23.1 Å². The third kappa shape index (κ3) is 5.48. The van der Waals surface area contributed by atoms with Crippen LogP contribution in [0.4, 0.5) is 0 Å². The van der Waals surface area contributed by atoms with E-state index < -0.39 is 0 Å². The van der Waals surface area contributed by atoms with Gasteiger partial charge in [-0.15, -0.1) is 23.1 Å². The maximum Gasteiger partial charge on any atom is 0.252 e. The van der Waals surface area contributed by atoms with Gasteiger partial charge in [0.25, 0.3) is 5.91 Å². The first-order valence-corrected chi connectivity index (χ1v) is 9.20. The first kappa shape index (κ1) is 17.1. The quantitative estimate of drug-likeness (QED) is 0.590. The molecule has 0 spiro atoms. The van der Waals surface area contributed by atoms with Gasteiger partial charge in [-0.1, -0.05) is 18.2 Å². The molecule has 1 aromatic heterocycles. The van der Waals surface area contributed by atoms with Crippen LogP contribution in [0.25, 0.3) is 0 Å². The Bertz CT molecular complexity index is 582. The predicted octanol–water partition coefficient (Wildman–Crippen LogP) is 3.72. The molecule has 0 unspecified atom stereocenters. The summed E-state index contributed by atoms with van der Waals surface area (Å²) >= 11 is 3.47. The average Bonchev–Trinajstić information content (AvgIpc) is 3.03. The summed E-state index contributed by atoms with van der Waals surface area (Å²) in [5.74, 6) is 0.927. The van der Waals surface area contributed by atoms with E-state index in [0.717, 1.165) is 29.2 Å². The molecule has 22 heavy (non-hydrogen) atoms. The Hall–Kier alpha value is -1.30. The molecule has 0 radical (unpaired) electrons. The van der Waals surface area contributed by atoms with Crippen LogP contribution in [0.5, 0.6) is 0 Å². The second-order valence-electron chi connectivity index (χ2n) is 5.28. The van der Waals surface area contributed by atoms with Gasteiger partial charge in [0, 0.05) is 22.1 Å². The van der Waals surface area contributed by atoms with Crippen molar-refractivity contribution in [3.63, 3.8) is 0 Å². The number of carbonyl (C=O) groups excluding carboxylic acids is 1. The van der Waals surface area contributed by atoms with Crippen molar-refractivity contribution in [2.75, 3.05) is 27.2 Å². The summed E-state index contributed by atoms with van der Waals surface area (Å²) in [6, 6.07) is 12.0. The highest BCUT2D eigenvalue weighted by Gasteiger charge is 2.11. The van der Waals surface area contributed by atoms with Crippen molar-refractivity contribution < 1.29 is 4.79 Å². The minimum atomic E-state index is 0.0213. The van der Waals surface area contributed by atoms with Crippen LogP contribution in [0.1, 0.15) is 21.7 Å². The molecular formula is C17H22N2OS2. The lowest BCUT2D eigenvalue weighted by Crippen LogP contribution is -2.27. The first-order valence-electron chi connectivity index (χ1n) is 7.34. The lowest BCUT2D eigenvalue weighted by atomic mass is 10.2. The van der Waals surface area contributed by atoms with Crippen LogP contribution in [0.15, 0.2) is 46.7 Å². The fraction of sp³-hybridized carbons (Fsp3) is 0.353. The summed E-state index contributed by atoms with van der Waals surface area (Å²) in [5, 5.41) is 5.09. The van der Waals surface area contributed by atoms with E-state index in [4.69, 9.17) is 0 Å². The molecule has 0 saturated carbocycles. The predicted molar refractivity (Wildman–Crippen MR) is 95.8 cm³/mol. The van der Waals surface area contributed by atoms with E-state index in [1.54, 1.807) is 23.1 Å². The van der Waals surface area contributed by atoms with Crippen molar-refractivity contribution in [3.05, 3.63) is 52.2 Å². The van der Waals surface area contributed by atoms with Gasteiger partial charge in [0.15, 0.2) is 0 Å². The molecule has 0 bridgehead atoms. The molecule has 118 valence electrons. The number of benzene rings is 1. The van der Waals surface area contributed by atoms with Crippen molar-refractivity contribution in [1.29, 1.82) is 0 Å². The number of hydrogen-bond acceptors (Lipinski definition) is 4. The van der Waals surface area contributed by atoms with Crippen LogP contribution in [-0.4, -0.2) is 38.0 Å². The Morgan fingerprint density at radius 2 is 2.05 bits per heavy atom. The van der Waals surface area contributed by atoms with Gasteiger partial charge >= 0.3 is 0 Å². The number of nitrogens with zero attached hydrogens (tertiary/aromatic N) is 1. The zero-order chi connectivity index (χ0) is 15.8. The van der Waals surface area contributed by atoms with E-state index in [1.807, 2.05) is 38.4 Å². The molecule has 1 heterocycles. The van der Waals surface area contributed by atoms with Crippen LogP contribution in [0, 0.1) is 0 Å². The normalized spacial score (nSPS) is 10.9. The third-order valence-corrected chi connectivity index (χ3v) is 5.33. The molecule has 3 nitrogen and oxygen atoms in total. The number of thioether (sulfide) groups is 1. The number of rotatable bonds is 8. The van der Waals surface area contributed by atoms with Gasteiger partial charge in [0.1, 0.15) is 0 Å². The van der Waals surface area contributed by atoms with Crippen molar-refractivity contribution in [3.8, 4) is 0 Å². The summed E-state index contributed by atoms with van der Waals surface area (Å²) in [6.45, 7) is 1.69. The van der Waals surface area contributed by atoms with E-state index in [2.05, 4.69) is 27.7 Å². The van der Waals surface area contributed by atoms with Crippen LogP contribution in [0.2, 0.25) is 0 Å². The van der Waals surface area contributed by atoms with E-state index in [9.17, 15) is 4.79 Å². The molecular weight excluding hydrogens is 312 g/mol. The zero-order valence-electron chi connectivity index (χ0n) is 13.0. The maximum absolute atomic E-state index is 12.3. The Morgan fingerprint density at radius 3 is 2.77 bits per heavy atom. The summed E-state index contributed by atoms with van der Waals surface area (Å²) < 4.78 is 0. The Morgan fingerprint density at radius 1 is 1.23 bits per heavy atom. The zero-order valence-corrected chi connectivity index (χ0v) is 14.7. The van der Waals surface area contributed by atoms with E-state index in [1.165, 1.54) is 4.88 Å². The molecule has 0 aliphatic rings.